The number of rotatable bonds is 4. The van der Waals surface area contributed by atoms with Crippen LogP contribution < -0.4 is 5.43 Å². The Bertz CT molecular complexity index is 865. The van der Waals surface area contributed by atoms with Gasteiger partial charge in [-0.15, -0.1) is 0 Å². The Kier molecular flexibility index (Phi) is 6.97. The molecule has 1 atom stereocenters. The van der Waals surface area contributed by atoms with E-state index in [1.54, 1.807) is 34.6 Å². The Labute approximate surface area is 179 Å². The number of nitrogens with one attached hydrogen (secondary N) is 1. The van der Waals surface area contributed by atoms with E-state index in [-0.39, 0.29) is 25.2 Å². The van der Waals surface area contributed by atoms with Crippen LogP contribution in [0.25, 0.3) is 0 Å². The van der Waals surface area contributed by atoms with Crippen molar-refractivity contribution in [1.82, 2.24) is 10.4 Å². The lowest BCUT2D eigenvalue weighted by Crippen LogP contribution is -2.68. The van der Waals surface area contributed by atoms with Gasteiger partial charge in [0.1, 0.15) is 5.60 Å². The van der Waals surface area contributed by atoms with Gasteiger partial charge in [-0.25, -0.2) is 19.8 Å². The van der Waals surface area contributed by atoms with E-state index in [1.807, 2.05) is 0 Å². The molecule has 1 aromatic carbocycles. The molecule has 1 aliphatic rings. The van der Waals surface area contributed by atoms with Crippen LogP contribution in [0, 0.1) is 0 Å². The average molecular weight is 441 g/mol. The molecule has 0 aromatic heterocycles. The Morgan fingerprint density at radius 1 is 1.17 bits per heavy atom. The number of ether oxygens (including phenoxy) is 3. The van der Waals surface area contributed by atoms with E-state index in [0.29, 0.717) is 15.6 Å². The maximum atomic E-state index is 13.5. The Morgan fingerprint density at radius 3 is 2.37 bits per heavy atom. The van der Waals surface area contributed by atoms with Gasteiger partial charge < -0.3 is 14.2 Å². The molecule has 2 rings (SSSR count). The summed E-state index contributed by atoms with van der Waals surface area (Å²) in [6.45, 7) is 7.92. The van der Waals surface area contributed by atoms with Crippen molar-refractivity contribution in [2.24, 2.45) is 0 Å². The van der Waals surface area contributed by atoms with Crippen molar-refractivity contribution in [3.05, 3.63) is 34.3 Å². The molecule has 0 bridgehead atoms. The molecule has 0 spiro atoms. The number of nitrogens with zero attached hydrogens (tertiary/aromatic N) is 1. The van der Waals surface area contributed by atoms with Crippen LogP contribution in [-0.2, 0) is 25.4 Å². The molecule has 0 aliphatic heterocycles. The predicted octanol–water partition coefficient (Wildman–Crippen LogP) is 3.28. The molecule has 164 valence electrons. The van der Waals surface area contributed by atoms with E-state index in [2.05, 4.69) is 5.43 Å². The molecule has 0 radical (unpaired) electrons. The lowest BCUT2D eigenvalue weighted by molar-refractivity contribution is -0.166. The molecule has 30 heavy (non-hydrogen) atoms. The monoisotopic (exact) mass is 440 g/mol. The van der Waals surface area contributed by atoms with Crippen molar-refractivity contribution in [1.29, 1.82) is 0 Å². The Hall–Kier alpha value is -2.81. The molecule has 0 unspecified atom stereocenters. The molecule has 1 aromatic rings. The van der Waals surface area contributed by atoms with Gasteiger partial charge in [0.15, 0.2) is 0 Å². The molecule has 0 saturated heterocycles. The smallest absolute Gasteiger partial charge is 0.430 e. The highest BCUT2D eigenvalue weighted by Crippen LogP contribution is 2.37. The number of benzene rings is 1. The van der Waals surface area contributed by atoms with E-state index in [1.165, 1.54) is 18.2 Å². The number of Topliss-reactive ketones (excluding diaryl/α,β-unsaturated/α-hetero) is 1. The van der Waals surface area contributed by atoms with Crippen LogP contribution in [0.5, 0.6) is 0 Å². The molecule has 0 heterocycles. The fraction of sp³-hybridized carbons (Fsp3) is 0.500. The lowest BCUT2D eigenvalue weighted by Gasteiger charge is -2.37. The third-order valence-electron chi connectivity index (χ3n) is 4.18. The second kappa shape index (κ2) is 8.91. The molecule has 0 saturated carbocycles. The zero-order valence-corrected chi connectivity index (χ0v) is 18.3. The number of carbonyl (C=O) groups is 4. The van der Waals surface area contributed by atoms with Crippen molar-refractivity contribution in [3.8, 4) is 0 Å². The molecule has 0 fully saturated rings. The predicted molar refractivity (Wildman–Crippen MR) is 107 cm³/mol. The molecule has 10 heteroatoms. The summed E-state index contributed by atoms with van der Waals surface area (Å²) >= 11 is 6.05. The quantitative estimate of drug-likeness (QED) is 0.331. The third-order valence-corrected chi connectivity index (χ3v) is 4.42. The Morgan fingerprint density at radius 2 is 1.80 bits per heavy atom. The van der Waals surface area contributed by atoms with Gasteiger partial charge in [0, 0.05) is 17.0 Å². The zero-order valence-electron chi connectivity index (χ0n) is 17.5. The zero-order chi connectivity index (χ0) is 22.7. The van der Waals surface area contributed by atoms with Gasteiger partial charge in [0.05, 0.1) is 13.2 Å². The van der Waals surface area contributed by atoms with Crippen molar-refractivity contribution < 1.29 is 33.4 Å². The fourth-order valence-electron chi connectivity index (χ4n) is 3.05. The van der Waals surface area contributed by atoms with E-state index in [4.69, 9.17) is 25.8 Å². The van der Waals surface area contributed by atoms with Crippen molar-refractivity contribution >= 4 is 35.5 Å². The highest BCUT2D eigenvalue weighted by Gasteiger charge is 2.61. The van der Waals surface area contributed by atoms with Crippen LogP contribution >= 0.6 is 11.6 Å². The maximum Gasteiger partial charge on any atom is 0.430 e. The van der Waals surface area contributed by atoms with Gasteiger partial charge in [-0.3, -0.25) is 4.79 Å². The first-order valence-corrected chi connectivity index (χ1v) is 9.81. The lowest BCUT2D eigenvalue weighted by atomic mass is 9.93. The number of hydrogen-bond acceptors (Lipinski definition) is 7. The minimum absolute atomic E-state index is 0.00567. The SMILES string of the molecule is CCOC(=O)NN(C(=O)OCC)[C@@]1(C(=O)OC(C)(C)C)Cc2cc(Cl)ccc2C1=O. The largest absolute Gasteiger partial charge is 0.458 e. The minimum Gasteiger partial charge on any atom is -0.458 e. The molecule has 9 nitrogen and oxygen atoms in total. The van der Waals surface area contributed by atoms with Crippen LogP contribution in [0.3, 0.4) is 0 Å². The number of carbonyl (C=O) groups excluding carboxylic acids is 4. The van der Waals surface area contributed by atoms with Gasteiger partial charge in [0.2, 0.25) is 11.3 Å². The van der Waals surface area contributed by atoms with Gasteiger partial charge in [-0.2, -0.15) is 5.01 Å². The highest BCUT2D eigenvalue weighted by atomic mass is 35.5. The van der Waals surface area contributed by atoms with E-state index in [0.717, 1.165) is 0 Å². The van der Waals surface area contributed by atoms with E-state index in [9.17, 15) is 19.2 Å². The number of halogens is 1. The highest BCUT2D eigenvalue weighted by molar-refractivity contribution is 6.31. The normalized spacial score (nSPS) is 17.7. The second-order valence-electron chi connectivity index (χ2n) is 7.54. The number of hydrazine groups is 1. The van der Waals surface area contributed by atoms with E-state index >= 15 is 0 Å². The van der Waals surface area contributed by atoms with E-state index < -0.39 is 35.1 Å². The first-order chi connectivity index (χ1) is 14.0. The summed E-state index contributed by atoms with van der Waals surface area (Å²) < 4.78 is 15.3. The van der Waals surface area contributed by atoms with Crippen LogP contribution in [-0.4, -0.2) is 53.3 Å². The standard InChI is InChI=1S/C20H25ClN2O7/c1-6-28-17(26)22-23(18(27)29-7-2)20(16(25)30-19(3,4)5)11-12-10-13(21)8-9-14(12)15(20)24/h8-10H,6-7,11H2,1-5H3,(H,22,26)/t20-/m0/s1. The molecular weight excluding hydrogens is 416 g/mol. The number of amides is 2. The molecule has 1 N–H and O–H groups in total. The maximum absolute atomic E-state index is 13.5. The summed E-state index contributed by atoms with van der Waals surface area (Å²) in [5.74, 6) is -1.74. The number of ketones is 1. The average Bonchev–Trinajstić information content (AvgIpc) is 2.91. The summed E-state index contributed by atoms with van der Waals surface area (Å²) in [6.07, 6.45) is -2.40. The molecule has 2 amide bonds. The minimum atomic E-state index is -2.22. The van der Waals surface area contributed by atoms with Crippen molar-refractivity contribution in [3.63, 3.8) is 0 Å². The topological polar surface area (TPSA) is 111 Å². The van der Waals surface area contributed by atoms with Gasteiger partial charge >= 0.3 is 18.2 Å². The van der Waals surface area contributed by atoms with Crippen LogP contribution in [0.4, 0.5) is 9.59 Å². The van der Waals surface area contributed by atoms with Crippen LogP contribution in [0.15, 0.2) is 18.2 Å². The van der Waals surface area contributed by atoms with Gasteiger partial charge in [-0.1, -0.05) is 11.6 Å². The summed E-state index contributed by atoms with van der Waals surface area (Å²) in [6, 6.07) is 4.48. The molecule has 1 aliphatic carbocycles. The third kappa shape index (κ3) is 4.67. The van der Waals surface area contributed by atoms with Crippen molar-refractivity contribution in [2.45, 2.75) is 52.2 Å². The fourth-order valence-corrected chi connectivity index (χ4v) is 3.24. The van der Waals surface area contributed by atoms with Gasteiger partial charge in [0.25, 0.3) is 0 Å². The first-order valence-electron chi connectivity index (χ1n) is 9.43. The summed E-state index contributed by atoms with van der Waals surface area (Å²) in [5, 5.41) is 0.904. The number of hydrogen-bond donors (Lipinski definition) is 1. The molecular formula is C20H25ClN2O7. The van der Waals surface area contributed by atoms with Gasteiger partial charge in [-0.05, 0) is 58.4 Å². The second-order valence-corrected chi connectivity index (χ2v) is 7.97. The number of esters is 1. The van der Waals surface area contributed by atoms with Crippen LogP contribution in [0.1, 0.15) is 50.5 Å². The first kappa shape index (κ1) is 23.5. The Balaban J connectivity index is 2.64. The summed E-state index contributed by atoms with van der Waals surface area (Å²) in [4.78, 5) is 51.7. The number of fused-ring (bicyclic) bond motifs is 1. The summed E-state index contributed by atoms with van der Waals surface area (Å²) in [7, 11) is 0. The van der Waals surface area contributed by atoms with Crippen LogP contribution in [0.2, 0.25) is 5.02 Å². The summed E-state index contributed by atoms with van der Waals surface area (Å²) in [5.41, 5.74) is -0.405. The van der Waals surface area contributed by atoms with Crippen molar-refractivity contribution in [2.75, 3.05) is 13.2 Å².